The molecule has 2 aliphatic heterocycles. The van der Waals surface area contributed by atoms with E-state index in [4.69, 9.17) is 23.1 Å². The van der Waals surface area contributed by atoms with E-state index in [1.54, 1.807) is 19.1 Å². The molecule has 2 heterocycles. The van der Waals surface area contributed by atoms with Gasteiger partial charge in [0.15, 0.2) is 6.10 Å². The maximum absolute atomic E-state index is 13.3. The van der Waals surface area contributed by atoms with Crippen LogP contribution >= 0.6 is 0 Å². The lowest BCUT2D eigenvalue weighted by atomic mass is 9.57. The number of hydrogen-bond donors (Lipinski definition) is 2. The first-order chi connectivity index (χ1) is 19.3. The van der Waals surface area contributed by atoms with Crippen molar-refractivity contribution in [1.82, 2.24) is 0 Å². The molecule has 0 radical (unpaired) electrons. The van der Waals surface area contributed by atoms with Gasteiger partial charge in [-0.1, -0.05) is 50.3 Å². The lowest BCUT2D eigenvalue weighted by Gasteiger charge is -2.49. The zero-order chi connectivity index (χ0) is 29.9. The molecule has 2 N–H and O–H groups in total. The van der Waals surface area contributed by atoms with Gasteiger partial charge in [-0.2, -0.15) is 8.42 Å². The minimum absolute atomic E-state index is 0.158. The van der Waals surface area contributed by atoms with Crippen molar-refractivity contribution in [2.45, 2.75) is 82.8 Å². The highest BCUT2D eigenvalue weighted by Crippen LogP contribution is 2.61. The fraction of sp³-hybridized carbons (Fsp3) is 0.655. The van der Waals surface area contributed by atoms with Gasteiger partial charge in [-0.05, 0) is 32.3 Å². The van der Waals surface area contributed by atoms with Gasteiger partial charge in [0.2, 0.25) is 0 Å². The number of aliphatic hydroxyl groups is 1. The fourth-order valence-corrected chi connectivity index (χ4v) is 8.02. The third-order valence-corrected chi connectivity index (χ3v) is 9.96. The van der Waals surface area contributed by atoms with Gasteiger partial charge in [0.05, 0.1) is 6.10 Å². The molecule has 5 aliphatic rings. The molecular formula is C29H38O11S. The summed E-state index contributed by atoms with van der Waals surface area (Å²) in [6.07, 6.45) is 6.38. The van der Waals surface area contributed by atoms with Crippen molar-refractivity contribution >= 4 is 22.3 Å². The molecule has 4 bridgehead atoms. The van der Waals surface area contributed by atoms with E-state index in [-0.39, 0.29) is 12.3 Å². The fourth-order valence-electron chi connectivity index (χ4n) is 7.53. The number of ether oxygens (including phenoxy) is 4. The summed E-state index contributed by atoms with van der Waals surface area (Å²) in [7, 11) is -3.44. The molecule has 1 saturated heterocycles. The van der Waals surface area contributed by atoms with E-state index in [0.29, 0.717) is 12.0 Å². The van der Waals surface area contributed by atoms with Gasteiger partial charge in [0.1, 0.15) is 30.0 Å². The first-order valence-electron chi connectivity index (χ1n) is 14.0. The van der Waals surface area contributed by atoms with Crippen LogP contribution in [0.1, 0.15) is 40.5 Å². The Hall–Kier alpha value is -2.35. The molecule has 0 aromatic carbocycles. The average molecular weight is 595 g/mol. The van der Waals surface area contributed by atoms with E-state index >= 15 is 0 Å². The molecule has 11 nitrogen and oxygen atoms in total. The Kier molecular flexibility index (Phi) is 8.12. The molecule has 2 unspecified atom stereocenters. The lowest BCUT2D eigenvalue weighted by Crippen LogP contribution is -2.57. The monoisotopic (exact) mass is 594 g/mol. The molecule has 0 amide bonds. The van der Waals surface area contributed by atoms with Crippen LogP contribution in [-0.4, -0.2) is 79.4 Å². The molecule has 0 aromatic heterocycles. The van der Waals surface area contributed by atoms with E-state index < -0.39 is 88.2 Å². The summed E-state index contributed by atoms with van der Waals surface area (Å²) in [5.74, 6) is -3.21. The summed E-state index contributed by atoms with van der Waals surface area (Å²) >= 11 is 0. The number of carbonyl (C=O) groups excluding carboxylic acids is 2. The molecule has 1 saturated carbocycles. The van der Waals surface area contributed by atoms with Crippen molar-refractivity contribution in [2.75, 3.05) is 7.11 Å². The highest BCUT2D eigenvalue weighted by Gasteiger charge is 2.69. The lowest BCUT2D eigenvalue weighted by molar-refractivity contribution is -0.172. The molecule has 5 rings (SSSR count). The second kappa shape index (κ2) is 11.1. The first-order valence-corrected chi connectivity index (χ1v) is 15.3. The van der Waals surface area contributed by atoms with E-state index in [1.165, 1.54) is 14.0 Å². The second-order valence-electron chi connectivity index (χ2n) is 11.8. The Morgan fingerprint density at radius 2 is 1.98 bits per heavy atom. The highest BCUT2D eigenvalue weighted by atomic mass is 32.3. The van der Waals surface area contributed by atoms with Gasteiger partial charge >= 0.3 is 22.3 Å². The summed E-state index contributed by atoms with van der Waals surface area (Å²) in [5, 5.41) is 11.8. The SMILES string of the molecule is CO[C@H]1C[C@H]2C=CC3C4[C@H](O)[C@@H](C)[C@@H](OC(=O)C5=CC=CC5)[C@@H]3O[C@]42/C(C)=C/[C@@H](C)[C@@H]([C@@H](C)OS(=O)(=O)O)OC1=O. The van der Waals surface area contributed by atoms with Crippen LogP contribution in [0.3, 0.4) is 0 Å². The molecule has 41 heavy (non-hydrogen) atoms. The summed E-state index contributed by atoms with van der Waals surface area (Å²) in [6.45, 7) is 6.86. The van der Waals surface area contributed by atoms with E-state index in [0.717, 1.165) is 5.57 Å². The molecule has 3 aliphatic carbocycles. The number of aliphatic hydroxyl groups excluding tert-OH is 1. The first kappa shape index (κ1) is 30.1. The normalized spacial score (nSPS) is 43.8. The Morgan fingerprint density at radius 1 is 1.24 bits per heavy atom. The van der Waals surface area contributed by atoms with Gasteiger partial charge in [-0.3, -0.25) is 4.55 Å². The molecule has 12 atom stereocenters. The molecule has 226 valence electrons. The van der Waals surface area contributed by atoms with E-state index in [2.05, 4.69) is 0 Å². The maximum Gasteiger partial charge on any atom is 0.397 e. The number of hydrogen-bond acceptors (Lipinski definition) is 10. The Balaban J connectivity index is 1.55. The van der Waals surface area contributed by atoms with Crippen molar-refractivity contribution in [3.05, 3.63) is 47.6 Å². The molecule has 1 spiro atoms. The van der Waals surface area contributed by atoms with Gasteiger partial charge in [0, 0.05) is 42.3 Å². The molecule has 0 aromatic rings. The van der Waals surface area contributed by atoms with Gasteiger partial charge in [-0.15, -0.1) is 0 Å². The summed E-state index contributed by atoms with van der Waals surface area (Å²) in [4.78, 5) is 26.3. The van der Waals surface area contributed by atoms with Gasteiger partial charge < -0.3 is 24.1 Å². The number of rotatable bonds is 6. The number of methoxy groups -OCH3 is 1. The smallest absolute Gasteiger partial charge is 0.397 e. The summed E-state index contributed by atoms with van der Waals surface area (Å²) in [6, 6.07) is 0. The highest BCUT2D eigenvalue weighted by molar-refractivity contribution is 7.80. The largest absolute Gasteiger partial charge is 0.457 e. The zero-order valence-electron chi connectivity index (χ0n) is 23.7. The summed E-state index contributed by atoms with van der Waals surface area (Å²) in [5.41, 5.74) is 0.237. The third kappa shape index (κ3) is 5.23. The average Bonchev–Trinajstić information content (AvgIpc) is 3.50. The van der Waals surface area contributed by atoms with Crippen molar-refractivity contribution in [3.63, 3.8) is 0 Å². The Labute approximate surface area is 240 Å². The van der Waals surface area contributed by atoms with Crippen LogP contribution in [0.5, 0.6) is 0 Å². The van der Waals surface area contributed by atoms with Crippen molar-refractivity contribution < 1.29 is 50.8 Å². The number of allylic oxidation sites excluding steroid dienone is 3. The maximum atomic E-state index is 13.3. The standard InChI is InChI=1S/C29H38O11S/c1-14-12-15(2)29-19(13-21(36-5)28(32)37-24(14)17(4)40-41(33,34)35)10-11-20-22(29)23(30)16(3)25(26(20)39-29)38-27(31)18-8-6-7-9-18/h6-8,10-12,14,16-17,19-26,30H,9,13H2,1-5H3,(H,33,34,35)/b15-12+/t14-,16-,17-,19-,20?,21+,22?,23-,24+,25-,26-,29+/m1/s1. The molecule has 12 heteroatoms. The van der Waals surface area contributed by atoms with E-state index in [9.17, 15) is 27.7 Å². The second-order valence-corrected chi connectivity index (χ2v) is 12.9. The van der Waals surface area contributed by atoms with Crippen molar-refractivity contribution in [2.24, 2.45) is 29.6 Å². The minimum atomic E-state index is -4.82. The topological polar surface area (TPSA) is 155 Å². The van der Waals surface area contributed by atoms with E-state index in [1.807, 2.05) is 38.2 Å². The van der Waals surface area contributed by atoms with Gasteiger partial charge in [-0.25, -0.2) is 13.8 Å². The predicted molar refractivity (Wildman–Crippen MR) is 144 cm³/mol. The Bertz CT molecular complexity index is 1300. The minimum Gasteiger partial charge on any atom is -0.457 e. The van der Waals surface area contributed by atoms with Crippen LogP contribution in [-0.2, 0) is 43.1 Å². The number of esters is 2. The summed E-state index contributed by atoms with van der Waals surface area (Å²) < 4.78 is 61.1. The van der Waals surface area contributed by atoms with Crippen molar-refractivity contribution in [1.29, 1.82) is 0 Å². The van der Waals surface area contributed by atoms with Crippen molar-refractivity contribution in [3.8, 4) is 0 Å². The Morgan fingerprint density at radius 3 is 2.61 bits per heavy atom. The van der Waals surface area contributed by atoms with Crippen LogP contribution in [0, 0.1) is 29.6 Å². The molecule has 2 fully saturated rings. The van der Waals surface area contributed by atoms with Crippen LogP contribution in [0.2, 0.25) is 0 Å². The van der Waals surface area contributed by atoms with Crippen LogP contribution in [0.4, 0.5) is 0 Å². The van der Waals surface area contributed by atoms with Crippen LogP contribution in [0.25, 0.3) is 0 Å². The quantitative estimate of drug-likeness (QED) is 0.265. The van der Waals surface area contributed by atoms with Gasteiger partial charge in [0.25, 0.3) is 0 Å². The van der Waals surface area contributed by atoms with Crippen LogP contribution in [0.15, 0.2) is 47.6 Å². The zero-order valence-corrected chi connectivity index (χ0v) is 24.5. The molecular weight excluding hydrogens is 556 g/mol. The van der Waals surface area contributed by atoms with Crippen LogP contribution < -0.4 is 0 Å². The number of cyclic esters (lactones) is 1. The predicted octanol–water partition coefficient (Wildman–Crippen LogP) is 2.47. The third-order valence-electron chi connectivity index (χ3n) is 9.41. The number of carbonyl (C=O) groups is 2.